The van der Waals surface area contributed by atoms with Gasteiger partial charge in [-0.1, -0.05) is 0 Å². The average Bonchev–Trinajstić information content (AvgIpc) is 3.21. The van der Waals surface area contributed by atoms with Crippen LogP contribution in [-0.4, -0.2) is 60.8 Å². The molecule has 7 nitrogen and oxygen atoms in total. The number of carbonyl (C=O) groups excluding carboxylic acids is 2. The summed E-state index contributed by atoms with van der Waals surface area (Å²) in [7, 11) is 0. The minimum atomic E-state index is -5.76. The minimum Gasteiger partial charge on any atom is -0.456 e. The van der Waals surface area contributed by atoms with E-state index in [9.17, 15) is 35.9 Å². The number of hydrogen-bond donors (Lipinski definition) is 0. The van der Waals surface area contributed by atoms with Gasteiger partial charge in [0.25, 0.3) is 6.10 Å². The van der Waals surface area contributed by atoms with Crippen LogP contribution in [0.15, 0.2) is 0 Å². The van der Waals surface area contributed by atoms with Crippen molar-refractivity contribution in [2.24, 2.45) is 11.8 Å². The van der Waals surface area contributed by atoms with Crippen molar-refractivity contribution >= 4 is 11.9 Å². The van der Waals surface area contributed by atoms with E-state index in [0.717, 1.165) is 0 Å². The van der Waals surface area contributed by atoms with E-state index in [2.05, 4.69) is 4.74 Å². The van der Waals surface area contributed by atoms with E-state index in [-0.39, 0.29) is 25.7 Å². The number of ether oxygens (including phenoxy) is 5. The molecule has 0 aromatic rings. The molecule has 13 heteroatoms. The summed E-state index contributed by atoms with van der Waals surface area (Å²) in [5.41, 5.74) is 0. The number of carbonyl (C=O) groups is 2. The van der Waals surface area contributed by atoms with E-state index < -0.39 is 72.6 Å². The largest absolute Gasteiger partial charge is 0.456 e. The van der Waals surface area contributed by atoms with Gasteiger partial charge in [0.2, 0.25) is 0 Å². The fraction of sp³-hybridized carbons (Fsp3) is 0.882. The average molecular weight is 448 g/mol. The van der Waals surface area contributed by atoms with Gasteiger partial charge >= 0.3 is 24.3 Å². The van der Waals surface area contributed by atoms with Gasteiger partial charge in [-0.05, 0) is 19.8 Å². The van der Waals surface area contributed by atoms with E-state index in [1.807, 2.05) is 0 Å². The van der Waals surface area contributed by atoms with Gasteiger partial charge in [-0.2, -0.15) is 26.3 Å². The Labute approximate surface area is 165 Å². The van der Waals surface area contributed by atoms with Crippen LogP contribution in [0.5, 0.6) is 0 Å². The monoisotopic (exact) mass is 448 g/mol. The van der Waals surface area contributed by atoms with E-state index in [0.29, 0.717) is 0 Å². The molecule has 0 aromatic heterocycles. The van der Waals surface area contributed by atoms with Crippen molar-refractivity contribution in [3.05, 3.63) is 0 Å². The van der Waals surface area contributed by atoms with Gasteiger partial charge in [0.05, 0.1) is 11.8 Å². The van der Waals surface area contributed by atoms with E-state index in [1.54, 1.807) is 6.92 Å². The van der Waals surface area contributed by atoms with Gasteiger partial charge in [0.15, 0.2) is 24.3 Å². The first-order valence-electron chi connectivity index (χ1n) is 9.36. The van der Waals surface area contributed by atoms with E-state index in [1.165, 1.54) is 0 Å². The Morgan fingerprint density at radius 1 is 1.03 bits per heavy atom. The predicted octanol–water partition coefficient (Wildman–Crippen LogP) is 2.61. The normalized spacial score (nSPS) is 41.1. The molecule has 1 spiro atoms. The molecular formula is C17H18F6O7. The van der Waals surface area contributed by atoms with Crippen LogP contribution in [0.25, 0.3) is 0 Å². The molecule has 3 aliphatic heterocycles. The Balaban J connectivity index is 1.35. The van der Waals surface area contributed by atoms with Crippen molar-refractivity contribution in [1.29, 1.82) is 0 Å². The molecule has 0 radical (unpaired) electrons. The molecule has 1 aliphatic carbocycles. The van der Waals surface area contributed by atoms with Crippen LogP contribution in [0, 0.1) is 11.8 Å². The summed E-state index contributed by atoms with van der Waals surface area (Å²) in [4.78, 5) is 23.6. The number of fused-ring (bicyclic) bond motifs is 3. The third kappa shape index (κ3) is 3.64. The highest BCUT2D eigenvalue weighted by molar-refractivity contribution is 5.75. The van der Waals surface area contributed by atoms with E-state index >= 15 is 0 Å². The van der Waals surface area contributed by atoms with Crippen molar-refractivity contribution in [3.63, 3.8) is 0 Å². The lowest BCUT2D eigenvalue weighted by molar-refractivity contribution is -0.315. The zero-order valence-electron chi connectivity index (χ0n) is 15.5. The van der Waals surface area contributed by atoms with Crippen LogP contribution in [0.4, 0.5) is 26.3 Å². The second-order valence-electron chi connectivity index (χ2n) is 7.94. The second kappa shape index (κ2) is 6.95. The Hall–Kier alpha value is -1.60. The zero-order valence-corrected chi connectivity index (χ0v) is 15.5. The highest BCUT2D eigenvalue weighted by atomic mass is 19.4. The highest BCUT2D eigenvalue weighted by Gasteiger charge is 2.64. The van der Waals surface area contributed by atoms with Crippen LogP contribution in [0.2, 0.25) is 0 Å². The molecule has 5 unspecified atom stereocenters. The molecule has 4 fully saturated rings. The third-order valence-corrected chi connectivity index (χ3v) is 5.92. The predicted molar refractivity (Wildman–Crippen MR) is 80.3 cm³/mol. The lowest BCUT2D eigenvalue weighted by atomic mass is 9.85. The van der Waals surface area contributed by atoms with Crippen molar-refractivity contribution in [2.45, 2.75) is 81.5 Å². The summed E-state index contributed by atoms with van der Waals surface area (Å²) in [5, 5.41) is 0. The maximum absolute atomic E-state index is 12.6. The topological polar surface area (TPSA) is 80.3 Å². The molecule has 0 amide bonds. The molecule has 0 aromatic carbocycles. The standard InChI is InChI=1S/C17H18F6O7/c1-6-8-9(26-11(6)24)10-13(27-8)30-15(29-10)4-2-7(3-5-15)12(25)28-14(16(18,19)20)17(21,22)23/h6-10,13-14H,2-5H2,1H3. The third-order valence-electron chi connectivity index (χ3n) is 5.92. The van der Waals surface area contributed by atoms with Gasteiger partial charge in [-0.15, -0.1) is 0 Å². The Bertz CT molecular complexity index is 700. The summed E-state index contributed by atoms with van der Waals surface area (Å²) in [6.45, 7) is 1.65. The summed E-state index contributed by atoms with van der Waals surface area (Å²) in [5.74, 6) is -4.85. The van der Waals surface area contributed by atoms with Crippen LogP contribution in [0.1, 0.15) is 32.6 Å². The van der Waals surface area contributed by atoms with Crippen LogP contribution in [0.3, 0.4) is 0 Å². The van der Waals surface area contributed by atoms with Crippen LogP contribution < -0.4 is 0 Å². The quantitative estimate of drug-likeness (QED) is 0.475. The Morgan fingerprint density at radius 3 is 2.20 bits per heavy atom. The maximum Gasteiger partial charge on any atom is 0.434 e. The molecule has 3 saturated heterocycles. The molecule has 4 aliphatic rings. The van der Waals surface area contributed by atoms with Crippen molar-refractivity contribution < 1.29 is 59.6 Å². The van der Waals surface area contributed by atoms with Gasteiger partial charge in [0.1, 0.15) is 6.10 Å². The first kappa shape index (κ1) is 21.6. The Morgan fingerprint density at radius 2 is 1.63 bits per heavy atom. The zero-order chi connectivity index (χ0) is 22.1. The first-order valence-corrected chi connectivity index (χ1v) is 9.36. The number of halogens is 6. The fourth-order valence-corrected chi connectivity index (χ4v) is 4.33. The van der Waals surface area contributed by atoms with Crippen molar-refractivity contribution in [2.75, 3.05) is 0 Å². The van der Waals surface area contributed by atoms with Crippen LogP contribution >= 0.6 is 0 Å². The fourth-order valence-electron chi connectivity index (χ4n) is 4.33. The summed E-state index contributed by atoms with van der Waals surface area (Å²) in [6.07, 6.45) is -18.5. The molecular weight excluding hydrogens is 430 g/mol. The van der Waals surface area contributed by atoms with Gasteiger partial charge in [-0.25, -0.2) is 0 Å². The van der Waals surface area contributed by atoms with Gasteiger partial charge in [0, 0.05) is 12.8 Å². The lowest BCUT2D eigenvalue weighted by Crippen LogP contribution is -2.47. The SMILES string of the molecule is CC1C(=O)OC2C3OC4(CCC(C(=O)OC(C(F)(F)F)C(F)(F)F)CC4)OC3OC12. The molecule has 0 bridgehead atoms. The molecule has 30 heavy (non-hydrogen) atoms. The van der Waals surface area contributed by atoms with Crippen LogP contribution in [-0.2, 0) is 33.3 Å². The van der Waals surface area contributed by atoms with Crippen molar-refractivity contribution in [1.82, 2.24) is 0 Å². The number of alkyl halides is 6. The van der Waals surface area contributed by atoms with Crippen molar-refractivity contribution in [3.8, 4) is 0 Å². The molecule has 170 valence electrons. The smallest absolute Gasteiger partial charge is 0.434 e. The van der Waals surface area contributed by atoms with Gasteiger partial charge in [-0.3, -0.25) is 9.59 Å². The Kier molecular flexibility index (Phi) is 5.01. The van der Waals surface area contributed by atoms with Gasteiger partial charge < -0.3 is 23.7 Å². The molecule has 0 N–H and O–H groups in total. The molecule has 4 rings (SSSR count). The number of esters is 2. The second-order valence-corrected chi connectivity index (χ2v) is 7.94. The van der Waals surface area contributed by atoms with E-state index in [4.69, 9.17) is 18.9 Å². The lowest BCUT2D eigenvalue weighted by Gasteiger charge is -2.36. The molecule has 1 saturated carbocycles. The number of rotatable bonds is 2. The number of hydrogen-bond acceptors (Lipinski definition) is 7. The maximum atomic E-state index is 12.6. The minimum absolute atomic E-state index is 0.0344. The molecule has 3 heterocycles. The first-order chi connectivity index (χ1) is 13.8. The summed E-state index contributed by atoms with van der Waals surface area (Å²) >= 11 is 0. The molecule has 5 atom stereocenters. The summed E-state index contributed by atoms with van der Waals surface area (Å²) < 4.78 is 102. The highest BCUT2D eigenvalue weighted by Crippen LogP contribution is 2.49. The summed E-state index contributed by atoms with van der Waals surface area (Å²) in [6, 6.07) is 0.